The van der Waals surface area contributed by atoms with Crippen LogP contribution in [0, 0.1) is 6.92 Å². The molecule has 0 spiro atoms. The minimum absolute atomic E-state index is 0.180. The first-order valence-electron chi connectivity index (χ1n) is 7.01. The predicted molar refractivity (Wildman–Crippen MR) is 91.1 cm³/mol. The third-order valence-electron chi connectivity index (χ3n) is 3.54. The molecular weight excluding hydrogens is 314 g/mol. The number of anilines is 1. The van der Waals surface area contributed by atoms with Gasteiger partial charge in [-0.1, -0.05) is 35.9 Å². The van der Waals surface area contributed by atoms with Crippen molar-refractivity contribution in [1.29, 1.82) is 0 Å². The molecule has 0 radical (unpaired) electrons. The molecule has 0 saturated carbocycles. The van der Waals surface area contributed by atoms with E-state index < -0.39 is 5.91 Å². The maximum atomic E-state index is 12.6. The zero-order chi connectivity index (χ0) is 16.6. The highest BCUT2D eigenvalue weighted by atomic mass is 35.5. The molecule has 2 aromatic carbocycles. The van der Waals surface area contributed by atoms with E-state index in [1.807, 2.05) is 13.0 Å². The molecule has 0 fully saturated rings. The minimum atomic E-state index is -0.414. The Labute approximate surface area is 137 Å². The van der Waals surface area contributed by atoms with Crippen LogP contribution in [0.15, 0.2) is 47.3 Å². The summed E-state index contributed by atoms with van der Waals surface area (Å²) in [5.74, 6) is -0.414. The summed E-state index contributed by atoms with van der Waals surface area (Å²) < 4.78 is 1.16. The molecule has 0 bridgehead atoms. The first-order chi connectivity index (χ1) is 11.0. The summed E-state index contributed by atoms with van der Waals surface area (Å²) in [6.45, 7) is 1.92. The second-order valence-electron chi connectivity index (χ2n) is 5.26. The molecule has 1 aromatic heterocycles. The van der Waals surface area contributed by atoms with Gasteiger partial charge in [0.15, 0.2) is 5.69 Å². The molecule has 0 aliphatic carbocycles. The molecule has 3 aromatic rings. The number of aryl methyl sites for hydroxylation is 2. The van der Waals surface area contributed by atoms with E-state index in [1.165, 1.54) is 7.05 Å². The lowest BCUT2D eigenvalue weighted by molar-refractivity contribution is 0.102. The summed E-state index contributed by atoms with van der Waals surface area (Å²) in [5, 5.41) is 8.25. The van der Waals surface area contributed by atoms with E-state index in [4.69, 9.17) is 11.6 Å². The number of nitrogens with zero attached hydrogens (tertiary/aromatic N) is 2. The van der Waals surface area contributed by atoms with Gasteiger partial charge in [0.25, 0.3) is 11.5 Å². The smallest absolute Gasteiger partial charge is 0.276 e. The molecule has 1 amide bonds. The number of nitrogens with one attached hydrogen (secondary N) is 1. The molecule has 6 heteroatoms. The van der Waals surface area contributed by atoms with Gasteiger partial charge < -0.3 is 5.32 Å². The van der Waals surface area contributed by atoms with E-state index in [0.717, 1.165) is 10.2 Å². The quantitative estimate of drug-likeness (QED) is 0.786. The Kier molecular flexibility index (Phi) is 3.88. The number of fused-ring (bicyclic) bond motifs is 1. The van der Waals surface area contributed by atoms with Crippen molar-refractivity contribution in [2.75, 3.05) is 5.32 Å². The van der Waals surface area contributed by atoms with Crippen molar-refractivity contribution < 1.29 is 4.79 Å². The van der Waals surface area contributed by atoms with E-state index in [2.05, 4.69) is 10.4 Å². The van der Waals surface area contributed by atoms with Crippen LogP contribution in [0.2, 0.25) is 5.02 Å². The summed E-state index contributed by atoms with van der Waals surface area (Å²) in [7, 11) is 1.52. The highest BCUT2D eigenvalue weighted by molar-refractivity contribution is 6.34. The van der Waals surface area contributed by atoms with E-state index >= 15 is 0 Å². The standard InChI is InChI=1S/C17H14ClN3O2/c1-10-7-8-14(13(18)9-10)19-16(22)15-11-5-3-4-6-12(11)17(23)21(2)20-15/h3-9H,1-2H3,(H,19,22). The Morgan fingerprint density at radius 2 is 1.87 bits per heavy atom. The molecule has 23 heavy (non-hydrogen) atoms. The average molecular weight is 328 g/mol. The van der Waals surface area contributed by atoms with E-state index in [9.17, 15) is 9.59 Å². The van der Waals surface area contributed by atoms with Gasteiger partial charge in [-0.2, -0.15) is 5.10 Å². The fourth-order valence-electron chi connectivity index (χ4n) is 2.37. The van der Waals surface area contributed by atoms with Gasteiger partial charge in [-0.25, -0.2) is 4.68 Å². The first-order valence-corrected chi connectivity index (χ1v) is 7.39. The number of hydrogen-bond acceptors (Lipinski definition) is 3. The Morgan fingerprint density at radius 3 is 2.57 bits per heavy atom. The van der Waals surface area contributed by atoms with Gasteiger partial charge in [-0.15, -0.1) is 0 Å². The minimum Gasteiger partial charge on any atom is -0.319 e. The molecule has 116 valence electrons. The predicted octanol–water partition coefficient (Wildman–Crippen LogP) is 3.15. The number of amides is 1. The fraction of sp³-hybridized carbons (Fsp3) is 0.118. The second kappa shape index (κ2) is 5.85. The van der Waals surface area contributed by atoms with Gasteiger partial charge in [0.2, 0.25) is 0 Å². The zero-order valence-electron chi connectivity index (χ0n) is 12.6. The van der Waals surface area contributed by atoms with Gasteiger partial charge in [-0.05, 0) is 30.7 Å². The number of carbonyl (C=O) groups excluding carboxylic acids is 1. The second-order valence-corrected chi connectivity index (χ2v) is 5.67. The van der Waals surface area contributed by atoms with Gasteiger partial charge in [0.1, 0.15) is 0 Å². The number of rotatable bonds is 2. The lowest BCUT2D eigenvalue weighted by Crippen LogP contribution is -2.25. The maximum absolute atomic E-state index is 12.6. The number of aromatic nitrogens is 2. The molecule has 1 N–H and O–H groups in total. The Hall–Kier alpha value is -2.66. The van der Waals surface area contributed by atoms with Crippen molar-refractivity contribution in [3.8, 4) is 0 Å². The third-order valence-corrected chi connectivity index (χ3v) is 3.86. The van der Waals surface area contributed by atoms with Gasteiger partial charge in [0, 0.05) is 12.4 Å². The molecule has 0 saturated heterocycles. The summed E-state index contributed by atoms with van der Waals surface area (Å²) in [6.07, 6.45) is 0. The van der Waals surface area contributed by atoms with Crippen LogP contribution in [0.1, 0.15) is 16.1 Å². The molecule has 0 atom stereocenters. The summed E-state index contributed by atoms with van der Waals surface area (Å²) in [6, 6.07) is 12.3. The van der Waals surface area contributed by atoms with E-state index in [-0.39, 0.29) is 11.3 Å². The van der Waals surface area contributed by atoms with Crippen LogP contribution in [-0.2, 0) is 7.05 Å². The van der Waals surface area contributed by atoms with E-state index in [1.54, 1.807) is 36.4 Å². The lowest BCUT2D eigenvalue weighted by atomic mass is 10.1. The Morgan fingerprint density at radius 1 is 1.17 bits per heavy atom. The van der Waals surface area contributed by atoms with Crippen molar-refractivity contribution in [2.24, 2.45) is 7.05 Å². The molecule has 5 nitrogen and oxygen atoms in total. The SMILES string of the molecule is Cc1ccc(NC(=O)c2nn(C)c(=O)c3ccccc23)c(Cl)c1. The Balaban J connectivity index is 2.08. The largest absolute Gasteiger partial charge is 0.319 e. The van der Waals surface area contributed by atoms with Crippen LogP contribution in [-0.4, -0.2) is 15.7 Å². The van der Waals surface area contributed by atoms with Crippen molar-refractivity contribution in [3.05, 3.63) is 69.1 Å². The molecular formula is C17H14ClN3O2. The van der Waals surface area contributed by atoms with Crippen LogP contribution >= 0.6 is 11.6 Å². The van der Waals surface area contributed by atoms with E-state index in [0.29, 0.717) is 21.5 Å². The van der Waals surface area contributed by atoms with Crippen molar-refractivity contribution in [2.45, 2.75) is 6.92 Å². The van der Waals surface area contributed by atoms with Gasteiger partial charge in [0.05, 0.1) is 16.1 Å². The van der Waals surface area contributed by atoms with Crippen molar-refractivity contribution in [3.63, 3.8) is 0 Å². The maximum Gasteiger partial charge on any atom is 0.276 e. The molecule has 0 aliphatic heterocycles. The molecule has 3 rings (SSSR count). The fourth-order valence-corrected chi connectivity index (χ4v) is 2.65. The monoisotopic (exact) mass is 327 g/mol. The van der Waals surface area contributed by atoms with Crippen LogP contribution in [0.3, 0.4) is 0 Å². The first kappa shape index (κ1) is 15.2. The number of benzene rings is 2. The summed E-state index contributed by atoms with van der Waals surface area (Å²) in [5.41, 5.74) is 1.44. The highest BCUT2D eigenvalue weighted by Gasteiger charge is 2.16. The lowest BCUT2D eigenvalue weighted by Gasteiger charge is -2.10. The highest BCUT2D eigenvalue weighted by Crippen LogP contribution is 2.24. The number of carbonyl (C=O) groups is 1. The van der Waals surface area contributed by atoms with Crippen LogP contribution in [0.4, 0.5) is 5.69 Å². The van der Waals surface area contributed by atoms with Crippen LogP contribution in [0.25, 0.3) is 10.8 Å². The average Bonchev–Trinajstić information content (AvgIpc) is 2.53. The number of halogens is 1. The topological polar surface area (TPSA) is 64.0 Å². The zero-order valence-corrected chi connectivity index (χ0v) is 13.4. The van der Waals surface area contributed by atoms with Gasteiger partial charge in [-0.3, -0.25) is 9.59 Å². The van der Waals surface area contributed by atoms with Crippen LogP contribution < -0.4 is 10.9 Å². The number of hydrogen-bond donors (Lipinski definition) is 1. The van der Waals surface area contributed by atoms with Gasteiger partial charge >= 0.3 is 0 Å². The summed E-state index contributed by atoms with van der Waals surface area (Å²) >= 11 is 6.15. The normalized spacial score (nSPS) is 10.7. The molecule has 1 heterocycles. The summed E-state index contributed by atoms with van der Waals surface area (Å²) in [4.78, 5) is 24.7. The molecule has 0 unspecified atom stereocenters. The Bertz CT molecular complexity index is 979. The third kappa shape index (κ3) is 2.83. The van der Waals surface area contributed by atoms with Crippen LogP contribution in [0.5, 0.6) is 0 Å². The van der Waals surface area contributed by atoms with Crippen molar-refractivity contribution >= 4 is 34.0 Å². The van der Waals surface area contributed by atoms with Crippen molar-refractivity contribution in [1.82, 2.24) is 9.78 Å². The molecule has 0 aliphatic rings.